The van der Waals surface area contributed by atoms with Crippen LogP contribution in [0.4, 0.5) is 0 Å². The first-order chi connectivity index (χ1) is 18.9. The lowest BCUT2D eigenvalue weighted by molar-refractivity contribution is -0.133. The molecular weight excluding hydrogens is 490 g/mol. The monoisotopic (exact) mass is 523 g/mol. The Balaban J connectivity index is 1.74. The highest BCUT2D eigenvalue weighted by Crippen LogP contribution is 2.27. The minimum atomic E-state index is -1.14. The molecule has 3 amide bonds. The predicted molar refractivity (Wildman–Crippen MR) is 152 cm³/mol. The first-order valence-electron chi connectivity index (χ1n) is 13.1. The van der Waals surface area contributed by atoms with Gasteiger partial charge in [-0.2, -0.15) is 0 Å². The van der Waals surface area contributed by atoms with Crippen LogP contribution in [0.1, 0.15) is 43.1 Å². The number of carbonyl (C=O) groups is 3. The number of benzene rings is 3. The van der Waals surface area contributed by atoms with E-state index < -0.39 is 30.0 Å². The van der Waals surface area contributed by atoms with Crippen LogP contribution in [0.5, 0.6) is 5.75 Å². The van der Waals surface area contributed by atoms with Gasteiger partial charge >= 0.3 is 0 Å². The van der Waals surface area contributed by atoms with Gasteiger partial charge in [0.05, 0.1) is 0 Å². The van der Waals surface area contributed by atoms with Crippen LogP contribution in [0.25, 0.3) is 12.2 Å². The van der Waals surface area contributed by atoms with E-state index in [-0.39, 0.29) is 11.8 Å². The van der Waals surface area contributed by atoms with Gasteiger partial charge in [0.25, 0.3) is 0 Å². The van der Waals surface area contributed by atoms with Gasteiger partial charge in [0, 0.05) is 12.3 Å². The number of rotatable bonds is 6. The third-order valence-electron chi connectivity index (χ3n) is 6.68. The van der Waals surface area contributed by atoms with Crippen LogP contribution in [0.3, 0.4) is 0 Å². The fraction of sp³-hybridized carbons (Fsp3) is 0.219. The van der Waals surface area contributed by atoms with Gasteiger partial charge in [-0.1, -0.05) is 93.1 Å². The summed E-state index contributed by atoms with van der Waals surface area (Å²) in [6, 6.07) is 24.0. The van der Waals surface area contributed by atoms with Gasteiger partial charge in [-0.05, 0) is 46.9 Å². The number of fused-ring (bicyclic) bond motifs is 10. The summed E-state index contributed by atoms with van der Waals surface area (Å²) >= 11 is 0. The highest BCUT2D eigenvalue weighted by atomic mass is 16.5. The lowest BCUT2D eigenvalue weighted by atomic mass is 9.96. The van der Waals surface area contributed by atoms with Crippen molar-refractivity contribution in [2.75, 3.05) is 0 Å². The Morgan fingerprint density at radius 2 is 1.62 bits per heavy atom. The molecule has 0 aliphatic carbocycles. The quantitative estimate of drug-likeness (QED) is 0.410. The smallest absolute Gasteiger partial charge is 0.247 e. The zero-order valence-corrected chi connectivity index (χ0v) is 22.0. The van der Waals surface area contributed by atoms with Gasteiger partial charge in [0.2, 0.25) is 17.7 Å². The topological polar surface area (TPSA) is 96.5 Å². The largest absolute Gasteiger partial charge is 0.483 e. The van der Waals surface area contributed by atoms with E-state index in [0.29, 0.717) is 17.7 Å². The maximum atomic E-state index is 13.9. The molecule has 2 heterocycles. The highest BCUT2D eigenvalue weighted by molar-refractivity contribution is 5.97. The minimum absolute atomic E-state index is 0.154. The second kappa shape index (κ2) is 13.2. The third-order valence-corrected chi connectivity index (χ3v) is 6.68. The van der Waals surface area contributed by atoms with Crippen molar-refractivity contribution in [3.63, 3.8) is 0 Å². The Kier molecular flexibility index (Phi) is 9.29. The maximum Gasteiger partial charge on any atom is 0.247 e. The molecule has 0 aromatic heterocycles. The molecule has 7 nitrogen and oxygen atoms in total. The van der Waals surface area contributed by atoms with Crippen molar-refractivity contribution in [2.24, 2.45) is 5.92 Å². The van der Waals surface area contributed by atoms with E-state index in [4.69, 9.17) is 4.74 Å². The van der Waals surface area contributed by atoms with Gasteiger partial charge in [0.1, 0.15) is 17.8 Å². The van der Waals surface area contributed by atoms with Crippen LogP contribution in [0.15, 0.2) is 97.2 Å². The standard InChI is InChI=1S/C32H33N3O4/c1-3-22(2)28-31(37)33-21-20-24-14-17-26(18-15-24)39-30(25-12-8-5-9-13-25)29(32(38)35-28)34-27(36)19-16-23-10-6-4-7-11-23/h4-22,28-30H,3H2,1-2H3,(H,33,37)(H,34,36)(H,35,38). The van der Waals surface area contributed by atoms with E-state index in [0.717, 1.165) is 11.1 Å². The summed E-state index contributed by atoms with van der Waals surface area (Å²) in [5.41, 5.74) is 2.42. The molecule has 4 atom stereocenters. The van der Waals surface area contributed by atoms with Crippen molar-refractivity contribution >= 4 is 29.9 Å². The molecular formula is C32H33N3O4. The first kappa shape index (κ1) is 27.4. The highest BCUT2D eigenvalue weighted by Gasteiger charge is 2.36. The van der Waals surface area contributed by atoms with Gasteiger partial charge in [0.15, 0.2) is 6.10 Å². The number of hydrogen-bond donors (Lipinski definition) is 3. The molecule has 2 aliphatic heterocycles. The van der Waals surface area contributed by atoms with Crippen molar-refractivity contribution in [3.05, 3.63) is 114 Å². The lowest BCUT2D eigenvalue weighted by Gasteiger charge is -2.31. The summed E-state index contributed by atoms with van der Waals surface area (Å²) in [5.74, 6) is -0.948. The van der Waals surface area contributed by atoms with Gasteiger partial charge in [-0.15, -0.1) is 0 Å². The number of amides is 3. The molecule has 3 aromatic rings. The van der Waals surface area contributed by atoms with Crippen LogP contribution >= 0.6 is 0 Å². The van der Waals surface area contributed by atoms with E-state index in [1.807, 2.05) is 86.6 Å². The normalized spacial score (nSPS) is 20.4. The Morgan fingerprint density at radius 1 is 0.949 bits per heavy atom. The molecule has 0 spiro atoms. The third kappa shape index (κ3) is 7.45. The first-order valence-corrected chi connectivity index (χ1v) is 13.1. The van der Waals surface area contributed by atoms with Gasteiger partial charge < -0.3 is 20.7 Å². The molecule has 0 saturated heterocycles. The second-order valence-corrected chi connectivity index (χ2v) is 9.46. The zero-order chi connectivity index (χ0) is 27.6. The van der Waals surface area contributed by atoms with Crippen LogP contribution in [0.2, 0.25) is 0 Å². The molecule has 5 rings (SSSR count). The molecule has 0 fully saturated rings. The summed E-state index contributed by atoms with van der Waals surface area (Å²) in [6.07, 6.45) is 6.19. The molecule has 3 aromatic carbocycles. The Hall–Kier alpha value is -4.65. The SMILES string of the molecule is CCC(C)C1NC(=O)C(NC(=O)C=Cc2ccccc2)C(c2ccccc2)Oc2ccc(cc2)C=CNC1=O. The summed E-state index contributed by atoms with van der Waals surface area (Å²) < 4.78 is 6.37. The average Bonchev–Trinajstić information content (AvgIpc) is 2.97. The fourth-order valence-corrected chi connectivity index (χ4v) is 4.25. The molecule has 3 N–H and O–H groups in total. The van der Waals surface area contributed by atoms with Crippen LogP contribution in [-0.4, -0.2) is 29.8 Å². The molecule has 2 bridgehead atoms. The summed E-state index contributed by atoms with van der Waals surface area (Å²) in [7, 11) is 0. The van der Waals surface area contributed by atoms with Crippen molar-refractivity contribution in [1.29, 1.82) is 0 Å². The molecule has 39 heavy (non-hydrogen) atoms. The van der Waals surface area contributed by atoms with Gasteiger partial charge in [-0.25, -0.2) is 0 Å². The van der Waals surface area contributed by atoms with Crippen molar-refractivity contribution in [1.82, 2.24) is 16.0 Å². The molecule has 2 aliphatic rings. The molecule has 200 valence electrons. The Morgan fingerprint density at radius 3 is 2.28 bits per heavy atom. The van der Waals surface area contributed by atoms with Crippen molar-refractivity contribution in [2.45, 2.75) is 38.5 Å². The number of ether oxygens (including phenoxy) is 1. The van der Waals surface area contributed by atoms with Crippen molar-refractivity contribution in [3.8, 4) is 5.75 Å². The van der Waals surface area contributed by atoms with Crippen LogP contribution < -0.4 is 20.7 Å². The van der Waals surface area contributed by atoms with E-state index in [2.05, 4.69) is 16.0 Å². The lowest BCUT2D eigenvalue weighted by Crippen LogP contribution is -2.57. The molecule has 0 radical (unpaired) electrons. The van der Waals surface area contributed by atoms with E-state index in [9.17, 15) is 14.4 Å². The molecule has 0 saturated carbocycles. The number of nitrogens with one attached hydrogen (secondary N) is 3. The van der Waals surface area contributed by atoms with E-state index >= 15 is 0 Å². The minimum Gasteiger partial charge on any atom is -0.483 e. The van der Waals surface area contributed by atoms with Crippen molar-refractivity contribution < 1.29 is 19.1 Å². The predicted octanol–water partition coefficient (Wildman–Crippen LogP) is 4.64. The number of carbonyl (C=O) groups excluding carboxylic acids is 3. The van der Waals surface area contributed by atoms with E-state index in [1.165, 1.54) is 6.08 Å². The zero-order valence-electron chi connectivity index (χ0n) is 22.0. The summed E-state index contributed by atoms with van der Waals surface area (Å²) in [5, 5.41) is 8.51. The second-order valence-electron chi connectivity index (χ2n) is 9.46. The average molecular weight is 524 g/mol. The fourth-order valence-electron chi connectivity index (χ4n) is 4.25. The van der Waals surface area contributed by atoms with Gasteiger partial charge in [-0.3, -0.25) is 14.4 Å². The summed E-state index contributed by atoms with van der Waals surface area (Å²) in [4.78, 5) is 40.1. The van der Waals surface area contributed by atoms with Crippen LogP contribution in [0, 0.1) is 5.92 Å². The number of hydrogen-bond acceptors (Lipinski definition) is 4. The molecule has 4 unspecified atom stereocenters. The van der Waals surface area contributed by atoms with E-state index in [1.54, 1.807) is 30.5 Å². The summed E-state index contributed by atoms with van der Waals surface area (Å²) in [6.45, 7) is 3.85. The maximum absolute atomic E-state index is 13.9. The Bertz CT molecular complexity index is 1320. The Labute approximate surface area is 229 Å². The van der Waals surface area contributed by atoms with Crippen LogP contribution in [-0.2, 0) is 14.4 Å². The molecule has 7 heteroatoms.